The molecular weight excluding hydrogens is 282 g/mol. The molecule has 0 amide bonds. The van der Waals surface area contributed by atoms with Crippen LogP contribution in [-0.4, -0.2) is 29.6 Å². The van der Waals surface area contributed by atoms with E-state index in [9.17, 15) is 5.11 Å². The highest BCUT2D eigenvalue weighted by atomic mass is 16.3. The zero-order chi connectivity index (χ0) is 16.7. The van der Waals surface area contributed by atoms with Crippen LogP contribution in [0.15, 0.2) is 72.8 Å². The first kappa shape index (κ1) is 17.5. The zero-order valence-electron chi connectivity index (χ0n) is 14.2. The van der Waals surface area contributed by atoms with Crippen molar-refractivity contribution in [1.82, 2.24) is 4.90 Å². The summed E-state index contributed by atoms with van der Waals surface area (Å²) in [5.74, 6) is 0. The van der Waals surface area contributed by atoms with E-state index < -0.39 is 5.60 Å². The van der Waals surface area contributed by atoms with E-state index in [-0.39, 0.29) is 0 Å². The number of hydrogen-bond donors (Lipinski definition) is 1. The Bertz CT molecular complexity index is 604. The van der Waals surface area contributed by atoms with E-state index in [2.05, 4.69) is 37.5 Å². The summed E-state index contributed by atoms with van der Waals surface area (Å²) in [6.07, 6.45) is 0.540. The lowest BCUT2D eigenvalue weighted by molar-refractivity contribution is 0.0682. The predicted molar refractivity (Wildman–Crippen MR) is 97.4 cm³/mol. The van der Waals surface area contributed by atoms with E-state index >= 15 is 0 Å². The van der Waals surface area contributed by atoms with E-state index in [1.54, 1.807) is 0 Å². The predicted octanol–water partition coefficient (Wildman–Crippen LogP) is 4.01. The Morgan fingerprint density at radius 3 is 2.00 bits per heavy atom. The molecule has 0 saturated heterocycles. The molecule has 1 N–H and O–H groups in total. The standard InChI is InChI=1S/C21H27NO/c1-4-22(5-2)17-18(3)21(23,20-14-10-7-11-15-20)16-19-12-8-6-9-13-19/h6-15,23H,3-5,16-17H2,1-2H3. The molecule has 0 fully saturated rings. The van der Waals surface area contributed by atoms with Crippen LogP contribution < -0.4 is 0 Å². The first-order chi connectivity index (χ1) is 11.1. The van der Waals surface area contributed by atoms with Crippen molar-refractivity contribution in [2.24, 2.45) is 0 Å². The highest BCUT2D eigenvalue weighted by Crippen LogP contribution is 2.33. The summed E-state index contributed by atoms with van der Waals surface area (Å²) in [4.78, 5) is 2.28. The number of hydrogen-bond acceptors (Lipinski definition) is 2. The van der Waals surface area contributed by atoms with Crippen molar-refractivity contribution < 1.29 is 5.11 Å². The Morgan fingerprint density at radius 1 is 0.957 bits per heavy atom. The van der Waals surface area contributed by atoms with Crippen molar-refractivity contribution in [3.63, 3.8) is 0 Å². The molecule has 1 unspecified atom stereocenters. The van der Waals surface area contributed by atoms with E-state index in [0.717, 1.165) is 29.8 Å². The maximum atomic E-state index is 11.5. The van der Waals surface area contributed by atoms with Crippen LogP contribution in [0.1, 0.15) is 25.0 Å². The molecule has 0 heterocycles. The monoisotopic (exact) mass is 309 g/mol. The molecule has 0 aliphatic carbocycles. The minimum Gasteiger partial charge on any atom is -0.380 e. The molecule has 0 saturated carbocycles. The first-order valence-electron chi connectivity index (χ1n) is 8.32. The van der Waals surface area contributed by atoms with Gasteiger partial charge in [0, 0.05) is 13.0 Å². The van der Waals surface area contributed by atoms with Crippen molar-refractivity contribution in [2.45, 2.75) is 25.9 Å². The Hall–Kier alpha value is -1.90. The first-order valence-corrected chi connectivity index (χ1v) is 8.32. The normalized spacial score (nSPS) is 13.7. The molecule has 2 nitrogen and oxygen atoms in total. The van der Waals surface area contributed by atoms with Crippen molar-refractivity contribution in [2.75, 3.05) is 19.6 Å². The Morgan fingerprint density at radius 2 is 1.48 bits per heavy atom. The summed E-state index contributed by atoms with van der Waals surface area (Å²) < 4.78 is 0. The van der Waals surface area contributed by atoms with Gasteiger partial charge in [-0.25, -0.2) is 0 Å². The number of aliphatic hydroxyl groups is 1. The number of benzene rings is 2. The van der Waals surface area contributed by atoms with Gasteiger partial charge in [0.05, 0.1) is 0 Å². The molecule has 2 rings (SSSR count). The second-order valence-electron chi connectivity index (χ2n) is 5.95. The quantitative estimate of drug-likeness (QED) is 0.745. The third kappa shape index (κ3) is 4.31. The molecule has 0 aliphatic heterocycles. The van der Waals surface area contributed by atoms with E-state index in [1.807, 2.05) is 48.5 Å². The van der Waals surface area contributed by atoms with Crippen LogP contribution in [0.25, 0.3) is 0 Å². The summed E-state index contributed by atoms with van der Waals surface area (Å²) in [6, 6.07) is 20.0. The summed E-state index contributed by atoms with van der Waals surface area (Å²) >= 11 is 0. The SMILES string of the molecule is C=C(CN(CC)CC)C(O)(Cc1ccccc1)c1ccccc1. The van der Waals surface area contributed by atoms with Crippen LogP contribution in [0, 0.1) is 0 Å². The fourth-order valence-electron chi connectivity index (χ4n) is 2.88. The molecule has 122 valence electrons. The summed E-state index contributed by atoms with van der Waals surface area (Å²) in [6.45, 7) is 11.1. The van der Waals surface area contributed by atoms with E-state index in [0.29, 0.717) is 13.0 Å². The van der Waals surface area contributed by atoms with Gasteiger partial charge in [0.15, 0.2) is 0 Å². The summed E-state index contributed by atoms with van der Waals surface area (Å²) in [5.41, 5.74) is 1.81. The molecule has 2 aromatic rings. The third-order valence-electron chi connectivity index (χ3n) is 4.45. The van der Waals surface area contributed by atoms with Crippen LogP contribution in [-0.2, 0) is 12.0 Å². The molecule has 0 aromatic heterocycles. The Kier molecular flexibility index (Phi) is 6.14. The van der Waals surface area contributed by atoms with Gasteiger partial charge in [-0.05, 0) is 29.8 Å². The van der Waals surface area contributed by atoms with Gasteiger partial charge in [0.25, 0.3) is 0 Å². The average molecular weight is 309 g/mol. The second kappa shape index (κ2) is 8.09. The average Bonchev–Trinajstić information content (AvgIpc) is 2.61. The highest BCUT2D eigenvalue weighted by Gasteiger charge is 2.33. The minimum absolute atomic E-state index is 0.540. The van der Waals surface area contributed by atoms with Crippen molar-refractivity contribution in [1.29, 1.82) is 0 Å². The molecule has 0 radical (unpaired) electrons. The van der Waals surface area contributed by atoms with Crippen molar-refractivity contribution in [3.05, 3.63) is 83.9 Å². The van der Waals surface area contributed by atoms with Crippen LogP contribution in [0.4, 0.5) is 0 Å². The summed E-state index contributed by atoms with van der Waals surface area (Å²) in [7, 11) is 0. The van der Waals surface area contributed by atoms with Crippen molar-refractivity contribution in [3.8, 4) is 0 Å². The highest BCUT2D eigenvalue weighted by molar-refractivity contribution is 5.35. The molecule has 2 heteroatoms. The Labute approximate surface area is 140 Å². The van der Waals surface area contributed by atoms with Crippen molar-refractivity contribution >= 4 is 0 Å². The topological polar surface area (TPSA) is 23.5 Å². The lowest BCUT2D eigenvalue weighted by Crippen LogP contribution is -2.37. The van der Waals surface area contributed by atoms with Gasteiger partial charge < -0.3 is 5.11 Å². The lowest BCUT2D eigenvalue weighted by atomic mass is 9.81. The fraction of sp³-hybridized carbons (Fsp3) is 0.333. The van der Waals surface area contributed by atoms with Crippen LogP contribution in [0.5, 0.6) is 0 Å². The second-order valence-corrected chi connectivity index (χ2v) is 5.95. The van der Waals surface area contributed by atoms with Crippen LogP contribution in [0.3, 0.4) is 0 Å². The van der Waals surface area contributed by atoms with Gasteiger partial charge in [-0.1, -0.05) is 81.1 Å². The van der Waals surface area contributed by atoms with Gasteiger partial charge in [-0.3, -0.25) is 4.90 Å². The molecule has 1 atom stereocenters. The van der Waals surface area contributed by atoms with E-state index in [1.165, 1.54) is 0 Å². The molecule has 0 bridgehead atoms. The number of likely N-dealkylation sites (N-methyl/N-ethyl adjacent to an activating group) is 1. The zero-order valence-corrected chi connectivity index (χ0v) is 14.2. The molecule has 0 aliphatic rings. The van der Waals surface area contributed by atoms with Gasteiger partial charge >= 0.3 is 0 Å². The smallest absolute Gasteiger partial charge is 0.116 e. The molecular formula is C21H27NO. The van der Waals surface area contributed by atoms with Crippen LogP contribution >= 0.6 is 0 Å². The number of nitrogens with zero attached hydrogens (tertiary/aromatic N) is 1. The minimum atomic E-state index is -1.05. The third-order valence-corrected chi connectivity index (χ3v) is 4.45. The van der Waals surface area contributed by atoms with Crippen LogP contribution in [0.2, 0.25) is 0 Å². The largest absolute Gasteiger partial charge is 0.380 e. The van der Waals surface area contributed by atoms with Gasteiger partial charge in [-0.15, -0.1) is 0 Å². The molecule has 2 aromatic carbocycles. The van der Waals surface area contributed by atoms with E-state index in [4.69, 9.17) is 0 Å². The lowest BCUT2D eigenvalue weighted by Gasteiger charge is -2.34. The fourth-order valence-corrected chi connectivity index (χ4v) is 2.88. The molecule has 23 heavy (non-hydrogen) atoms. The summed E-state index contributed by atoms with van der Waals surface area (Å²) in [5, 5.41) is 11.5. The Balaban J connectivity index is 2.33. The maximum absolute atomic E-state index is 11.5. The van der Waals surface area contributed by atoms with Gasteiger partial charge in [0.2, 0.25) is 0 Å². The molecule has 0 spiro atoms. The van der Waals surface area contributed by atoms with Gasteiger partial charge in [0.1, 0.15) is 5.60 Å². The maximum Gasteiger partial charge on any atom is 0.116 e. The number of rotatable bonds is 8. The van der Waals surface area contributed by atoms with Gasteiger partial charge in [-0.2, -0.15) is 0 Å².